The van der Waals surface area contributed by atoms with Gasteiger partial charge < -0.3 is 5.73 Å². The molecule has 2 aliphatic carbocycles. The van der Waals surface area contributed by atoms with E-state index in [1.807, 2.05) is 0 Å². The largest absolute Gasteiger partial charge is 0.327 e. The van der Waals surface area contributed by atoms with Crippen LogP contribution in [0.4, 0.5) is 0 Å². The van der Waals surface area contributed by atoms with Crippen LogP contribution >= 0.6 is 0 Å². The normalized spacial score (nSPS) is 49.8. The van der Waals surface area contributed by atoms with E-state index in [1.54, 1.807) is 0 Å². The summed E-state index contributed by atoms with van der Waals surface area (Å²) in [5, 5.41) is 0. The summed E-state index contributed by atoms with van der Waals surface area (Å²) in [5.74, 6) is 0.954. The van der Waals surface area contributed by atoms with Crippen LogP contribution in [0.3, 0.4) is 0 Å². The molecule has 1 heterocycles. The molecular weight excluding hydrogens is 208 g/mol. The van der Waals surface area contributed by atoms with Crippen LogP contribution in [-0.4, -0.2) is 30.1 Å². The van der Waals surface area contributed by atoms with Crippen molar-refractivity contribution >= 4 is 0 Å². The lowest BCUT2D eigenvalue weighted by Gasteiger charge is -2.51. The number of nitrogens with two attached hydrogens (primary N) is 1. The van der Waals surface area contributed by atoms with Gasteiger partial charge >= 0.3 is 0 Å². The van der Waals surface area contributed by atoms with Gasteiger partial charge in [0.2, 0.25) is 0 Å². The maximum atomic E-state index is 6.18. The Hall–Kier alpha value is -0.0800. The predicted octanol–water partition coefficient (Wildman–Crippen LogP) is 2.62. The third kappa shape index (κ3) is 1.67. The van der Waals surface area contributed by atoms with Crippen LogP contribution in [-0.2, 0) is 0 Å². The van der Waals surface area contributed by atoms with Crippen LogP contribution in [0.25, 0.3) is 0 Å². The Morgan fingerprint density at radius 3 is 2.53 bits per heavy atom. The van der Waals surface area contributed by atoms with Gasteiger partial charge in [-0.05, 0) is 55.4 Å². The molecule has 1 aliphatic heterocycles. The number of likely N-dealkylation sites (tertiary alicyclic amines) is 1. The van der Waals surface area contributed by atoms with Crippen LogP contribution < -0.4 is 5.73 Å². The van der Waals surface area contributed by atoms with Crippen molar-refractivity contribution in [1.82, 2.24) is 4.90 Å². The molecule has 17 heavy (non-hydrogen) atoms. The van der Waals surface area contributed by atoms with E-state index >= 15 is 0 Å². The fraction of sp³-hybridized carbons (Fsp3) is 1.00. The molecule has 98 valence electrons. The van der Waals surface area contributed by atoms with Crippen molar-refractivity contribution in [2.75, 3.05) is 13.1 Å². The molecule has 2 saturated carbocycles. The van der Waals surface area contributed by atoms with Crippen molar-refractivity contribution in [3.8, 4) is 0 Å². The third-order valence-corrected chi connectivity index (χ3v) is 6.05. The van der Waals surface area contributed by atoms with Crippen LogP contribution in [0.1, 0.15) is 52.9 Å². The predicted molar refractivity (Wildman–Crippen MR) is 71.8 cm³/mol. The Kier molecular flexibility index (Phi) is 2.61. The summed E-state index contributed by atoms with van der Waals surface area (Å²) < 4.78 is 0. The summed E-state index contributed by atoms with van der Waals surface area (Å²) in [6.45, 7) is 9.97. The number of piperidine rings is 1. The Morgan fingerprint density at radius 2 is 1.94 bits per heavy atom. The molecule has 3 fully saturated rings. The highest BCUT2D eigenvalue weighted by Gasteiger charge is 2.61. The topological polar surface area (TPSA) is 29.3 Å². The molecule has 2 bridgehead atoms. The van der Waals surface area contributed by atoms with Gasteiger partial charge in [-0.15, -0.1) is 0 Å². The van der Waals surface area contributed by atoms with Crippen LogP contribution in [0.5, 0.6) is 0 Å². The number of nitrogens with zero attached hydrogens (tertiary/aromatic N) is 1. The molecule has 2 nitrogen and oxygen atoms in total. The maximum Gasteiger partial charge on any atom is 0.0204 e. The molecule has 3 aliphatic rings. The molecule has 0 aromatic carbocycles. The first-order valence-corrected chi connectivity index (χ1v) is 7.43. The van der Waals surface area contributed by atoms with E-state index in [-0.39, 0.29) is 0 Å². The minimum absolute atomic E-state index is 0.419. The van der Waals surface area contributed by atoms with Crippen LogP contribution in [0.15, 0.2) is 0 Å². The smallest absolute Gasteiger partial charge is 0.0204 e. The number of hydrogen-bond acceptors (Lipinski definition) is 2. The Balaban J connectivity index is 1.86. The second-order valence-corrected chi connectivity index (χ2v) is 7.71. The molecule has 0 aromatic heterocycles. The lowest BCUT2D eigenvalue weighted by molar-refractivity contribution is -0.0102. The van der Waals surface area contributed by atoms with Crippen molar-refractivity contribution in [3.05, 3.63) is 0 Å². The first-order valence-electron chi connectivity index (χ1n) is 7.43. The molecule has 4 unspecified atom stereocenters. The summed E-state index contributed by atoms with van der Waals surface area (Å²) in [7, 11) is 0. The van der Waals surface area contributed by atoms with Crippen molar-refractivity contribution in [2.45, 2.75) is 65.0 Å². The summed E-state index contributed by atoms with van der Waals surface area (Å²) in [6.07, 6.45) is 6.88. The SMILES string of the molecule is CC12CCC(C1)C(C)(C)C2N1CCCC(N)C1. The first kappa shape index (κ1) is 12.0. The second kappa shape index (κ2) is 3.71. The molecule has 3 rings (SSSR count). The Morgan fingerprint density at radius 1 is 1.18 bits per heavy atom. The van der Waals surface area contributed by atoms with E-state index in [9.17, 15) is 0 Å². The first-order chi connectivity index (χ1) is 7.93. The van der Waals surface area contributed by atoms with Gasteiger partial charge in [-0.2, -0.15) is 0 Å². The summed E-state index contributed by atoms with van der Waals surface area (Å²) in [4.78, 5) is 2.74. The highest BCUT2D eigenvalue weighted by atomic mass is 15.2. The van der Waals surface area contributed by atoms with Gasteiger partial charge in [0, 0.05) is 18.6 Å². The van der Waals surface area contributed by atoms with Crippen LogP contribution in [0.2, 0.25) is 0 Å². The molecule has 0 aromatic rings. The van der Waals surface area contributed by atoms with Crippen molar-refractivity contribution in [1.29, 1.82) is 0 Å². The van der Waals surface area contributed by atoms with Crippen molar-refractivity contribution in [3.63, 3.8) is 0 Å². The molecular formula is C15H28N2. The number of rotatable bonds is 1. The standard InChI is InChI=1S/C15H28N2/c1-14(2)11-6-7-15(3,9-11)13(14)17-8-4-5-12(16)10-17/h11-13H,4-10,16H2,1-3H3. The average molecular weight is 236 g/mol. The average Bonchev–Trinajstić information content (AvgIpc) is 2.68. The zero-order valence-corrected chi connectivity index (χ0v) is 11.7. The van der Waals surface area contributed by atoms with E-state index < -0.39 is 0 Å². The van der Waals surface area contributed by atoms with Gasteiger partial charge in [0.1, 0.15) is 0 Å². The highest BCUT2D eigenvalue weighted by Crippen LogP contribution is 2.64. The second-order valence-electron chi connectivity index (χ2n) is 7.71. The molecule has 0 amide bonds. The quantitative estimate of drug-likeness (QED) is 0.758. The van der Waals surface area contributed by atoms with E-state index in [4.69, 9.17) is 5.73 Å². The minimum atomic E-state index is 0.419. The van der Waals surface area contributed by atoms with E-state index in [0.29, 0.717) is 16.9 Å². The molecule has 2 N–H and O–H groups in total. The van der Waals surface area contributed by atoms with Gasteiger partial charge in [-0.1, -0.05) is 20.8 Å². The fourth-order valence-corrected chi connectivity index (χ4v) is 5.46. The minimum Gasteiger partial charge on any atom is -0.327 e. The summed E-state index contributed by atoms with van der Waals surface area (Å²) in [6, 6.07) is 1.20. The molecule has 4 atom stereocenters. The van der Waals surface area contributed by atoms with Crippen molar-refractivity contribution in [2.24, 2.45) is 22.5 Å². The zero-order chi connectivity index (χ0) is 12.3. The van der Waals surface area contributed by atoms with E-state index in [0.717, 1.165) is 18.5 Å². The molecule has 0 spiro atoms. The van der Waals surface area contributed by atoms with Crippen molar-refractivity contribution < 1.29 is 0 Å². The molecule has 2 heteroatoms. The molecule has 0 radical (unpaired) electrons. The van der Waals surface area contributed by atoms with Gasteiger partial charge in [0.15, 0.2) is 0 Å². The lowest BCUT2D eigenvalue weighted by Crippen LogP contribution is -2.57. The maximum absolute atomic E-state index is 6.18. The van der Waals surface area contributed by atoms with Gasteiger partial charge in [-0.3, -0.25) is 4.90 Å². The number of fused-ring (bicyclic) bond motifs is 2. The summed E-state index contributed by atoms with van der Waals surface area (Å²) in [5.41, 5.74) is 7.26. The van der Waals surface area contributed by atoms with Gasteiger partial charge in [0.25, 0.3) is 0 Å². The number of hydrogen-bond donors (Lipinski definition) is 1. The van der Waals surface area contributed by atoms with Gasteiger partial charge in [-0.25, -0.2) is 0 Å². The lowest BCUT2D eigenvalue weighted by atomic mass is 9.67. The van der Waals surface area contributed by atoms with E-state index in [1.165, 1.54) is 38.6 Å². The Bertz CT molecular complexity index is 307. The third-order valence-electron chi connectivity index (χ3n) is 6.05. The zero-order valence-electron chi connectivity index (χ0n) is 11.7. The highest BCUT2D eigenvalue weighted by molar-refractivity contribution is 5.13. The summed E-state index contributed by atoms with van der Waals surface area (Å²) >= 11 is 0. The Labute approximate surface area is 106 Å². The monoisotopic (exact) mass is 236 g/mol. The fourth-order valence-electron chi connectivity index (χ4n) is 5.46. The van der Waals surface area contributed by atoms with Gasteiger partial charge in [0.05, 0.1) is 0 Å². The van der Waals surface area contributed by atoms with Crippen LogP contribution in [0, 0.1) is 16.7 Å². The molecule has 1 saturated heterocycles. The van der Waals surface area contributed by atoms with E-state index in [2.05, 4.69) is 25.7 Å².